The van der Waals surface area contributed by atoms with Crippen LogP contribution in [-0.2, 0) is 0 Å². The second kappa shape index (κ2) is 7.24. The summed E-state index contributed by atoms with van der Waals surface area (Å²) in [6, 6.07) is 23.3. The van der Waals surface area contributed by atoms with E-state index in [0.29, 0.717) is 0 Å². The fourth-order valence-electron chi connectivity index (χ4n) is 4.23. The number of nitrogens with zero attached hydrogens (tertiary/aromatic N) is 5. The number of rotatable bonds is 3. The van der Waals surface area contributed by atoms with Gasteiger partial charge in [0, 0.05) is 49.2 Å². The van der Waals surface area contributed by atoms with Gasteiger partial charge in [0.25, 0.3) is 0 Å². The molecule has 0 unspecified atom stereocenters. The lowest BCUT2D eigenvalue weighted by atomic mass is 10.1. The first-order chi connectivity index (χ1) is 14.2. The molecule has 0 spiro atoms. The second-order valence-corrected chi connectivity index (χ2v) is 7.63. The summed E-state index contributed by atoms with van der Waals surface area (Å²) in [4.78, 5) is 9.74. The van der Waals surface area contributed by atoms with Gasteiger partial charge in [-0.15, -0.1) is 0 Å². The Morgan fingerprint density at radius 3 is 2.07 bits per heavy atom. The molecule has 1 fully saturated rings. The number of aromatic nitrogens is 3. The maximum atomic E-state index is 4.88. The first-order valence-electron chi connectivity index (χ1n) is 10.2. The summed E-state index contributed by atoms with van der Waals surface area (Å²) in [6.45, 7) is 8.07. The zero-order chi connectivity index (χ0) is 19.8. The lowest BCUT2D eigenvalue weighted by Crippen LogP contribution is -2.47. The van der Waals surface area contributed by atoms with Gasteiger partial charge in [0.1, 0.15) is 5.82 Å². The summed E-state index contributed by atoms with van der Waals surface area (Å²) < 4.78 is 2.03. The predicted octanol–water partition coefficient (Wildman–Crippen LogP) is 4.34. The Balaban J connectivity index is 1.50. The van der Waals surface area contributed by atoms with Gasteiger partial charge < -0.3 is 9.80 Å². The molecule has 0 N–H and O–H groups in total. The van der Waals surface area contributed by atoms with Crippen molar-refractivity contribution < 1.29 is 0 Å². The number of benzene rings is 2. The van der Waals surface area contributed by atoms with Crippen LogP contribution in [0.4, 0.5) is 11.5 Å². The van der Waals surface area contributed by atoms with Crippen molar-refractivity contribution >= 4 is 17.2 Å². The third-order valence-corrected chi connectivity index (χ3v) is 5.66. The first-order valence-corrected chi connectivity index (χ1v) is 10.2. The Labute approximate surface area is 171 Å². The van der Waals surface area contributed by atoms with Crippen LogP contribution < -0.4 is 9.80 Å². The molecule has 4 aromatic rings. The summed E-state index contributed by atoms with van der Waals surface area (Å²) in [5.41, 5.74) is 6.56. The maximum Gasteiger partial charge on any atom is 0.165 e. The molecule has 0 atom stereocenters. The Bertz CT molecular complexity index is 1130. The minimum absolute atomic E-state index is 0.939. The number of fused-ring (bicyclic) bond motifs is 1. The van der Waals surface area contributed by atoms with E-state index in [0.717, 1.165) is 60.2 Å². The third kappa shape index (κ3) is 3.23. The average molecular weight is 383 g/mol. The van der Waals surface area contributed by atoms with Crippen LogP contribution in [0, 0.1) is 13.8 Å². The lowest BCUT2D eigenvalue weighted by Gasteiger charge is -2.37. The van der Waals surface area contributed by atoms with Gasteiger partial charge in [-0.3, -0.25) is 0 Å². The van der Waals surface area contributed by atoms with Crippen LogP contribution >= 0.6 is 0 Å². The normalized spacial score (nSPS) is 14.6. The minimum atomic E-state index is 0.939. The molecule has 0 radical (unpaired) electrons. The molecular weight excluding hydrogens is 358 g/mol. The smallest absolute Gasteiger partial charge is 0.165 e. The van der Waals surface area contributed by atoms with Crippen LogP contribution in [0.1, 0.15) is 11.4 Å². The summed E-state index contributed by atoms with van der Waals surface area (Å²) in [6.07, 6.45) is 0. The number of hydrogen-bond donors (Lipinski definition) is 0. The summed E-state index contributed by atoms with van der Waals surface area (Å²) in [5, 5.41) is 4.88. The van der Waals surface area contributed by atoms with E-state index in [1.807, 2.05) is 10.6 Å². The molecule has 5 nitrogen and oxygen atoms in total. The Morgan fingerprint density at radius 1 is 0.759 bits per heavy atom. The minimum Gasteiger partial charge on any atom is -0.368 e. The second-order valence-electron chi connectivity index (χ2n) is 7.63. The van der Waals surface area contributed by atoms with Gasteiger partial charge in [-0.05, 0) is 31.5 Å². The molecule has 1 aliphatic heterocycles. The highest BCUT2D eigenvalue weighted by Gasteiger charge is 2.22. The molecular formula is C24H25N5. The van der Waals surface area contributed by atoms with Crippen molar-refractivity contribution in [2.45, 2.75) is 13.8 Å². The molecule has 5 heteroatoms. The first kappa shape index (κ1) is 17.7. The molecule has 0 bridgehead atoms. The summed E-state index contributed by atoms with van der Waals surface area (Å²) in [5.74, 6) is 1.13. The number of aryl methyl sites for hydroxylation is 2. The quantitative estimate of drug-likeness (QED) is 0.527. The van der Waals surface area contributed by atoms with Crippen molar-refractivity contribution in [2.24, 2.45) is 0 Å². The van der Waals surface area contributed by atoms with Crippen LogP contribution in [0.25, 0.3) is 16.8 Å². The van der Waals surface area contributed by atoms with E-state index in [1.54, 1.807) is 0 Å². The van der Waals surface area contributed by atoms with Crippen molar-refractivity contribution in [3.8, 4) is 11.1 Å². The van der Waals surface area contributed by atoms with Gasteiger partial charge >= 0.3 is 0 Å². The number of piperazine rings is 1. The topological polar surface area (TPSA) is 36.7 Å². The van der Waals surface area contributed by atoms with E-state index >= 15 is 0 Å². The number of para-hydroxylation sites is 1. The highest BCUT2D eigenvalue weighted by molar-refractivity contribution is 5.81. The SMILES string of the molecule is Cc1cc(N2CCN(c3ccccc3)CC2)n2nc(C)c(-c3ccccc3)c2n1. The largest absolute Gasteiger partial charge is 0.368 e. The molecule has 0 aliphatic carbocycles. The van der Waals surface area contributed by atoms with Crippen LogP contribution in [0.5, 0.6) is 0 Å². The van der Waals surface area contributed by atoms with Crippen molar-refractivity contribution in [2.75, 3.05) is 36.0 Å². The van der Waals surface area contributed by atoms with Gasteiger partial charge in [-0.2, -0.15) is 9.61 Å². The summed E-state index contributed by atoms with van der Waals surface area (Å²) >= 11 is 0. The van der Waals surface area contributed by atoms with Crippen molar-refractivity contribution in [1.82, 2.24) is 14.6 Å². The number of anilines is 2. The van der Waals surface area contributed by atoms with Crippen molar-refractivity contribution in [3.05, 3.63) is 78.1 Å². The average Bonchev–Trinajstić information content (AvgIpc) is 3.10. The molecule has 1 saturated heterocycles. The Hall–Kier alpha value is -3.34. The lowest BCUT2D eigenvalue weighted by molar-refractivity contribution is 0.638. The van der Waals surface area contributed by atoms with Crippen LogP contribution in [0.2, 0.25) is 0 Å². The number of hydrogen-bond acceptors (Lipinski definition) is 4. The zero-order valence-electron chi connectivity index (χ0n) is 16.9. The standard InChI is InChI=1S/C24H25N5/c1-18-17-22(28-15-13-27(14-16-28)21-11-7-4-8-12-21)29-24(25-18)23(19(2)26-29)20-9-5-3-6-10-20/h3-12,17H,13-16H2,1-2H3. The van der Waals surface area contributed by atoms with E-state index in [9.17, 15) is 0 Å². The van der Waals surface area contributed by atoms with Crippen molar-refractivity contribution in [1.29, 1.82) is 0 Å². The third-order valence-electron chi connectivity index (χ3n) is 5.66. The molecule has 5 rings (SSSR count). The highest BCUT2D eigenvalue weighted by atomic mass is 15.4. The zero-order valence-corrected chi connectivity index (χ0v) is 16.9. The van der Waals surface area contributed by atoms with Gasteiger partial charge in [0.2, 0.25) is 0 Å². The highest BCUT2D eigenvalue weighted by Crippen LogP contribution is 2.30. The fraction of sp³-hybridized carbons (Fsp3) is 0.250. The molecule has 146 valence electrons. The van der Waals surface area contributed by atoms with Gasteiger partial charge in [0.15, 0.2) is 5.65 Å². The van der Waals surface area contributed by atoms with Gasteiger partial charge in [-0.25, -0.2) is 4.98 Å². The Morgan fingerprint density at radius 2 is 1.38 bits per heavy atom. The molecule has 0 saturated carbocycles. The molecule has 2 aromatic carbocycles. The van der Waals surface area contributed by atoms with E-state index in [-0.39, 0.29) is 0 Å². The van der Waals surface area contributed by atoms with Gasteiger partial charge in [0.05, 0.1) is 5.69 Å². The van der Waals surface area contributed by atoms with E-state index in [4.69, 9.17) is 10.1 Å². The van der Waals surface area contributed by atoms with Crippen molar-refractivity contribution in [3.63, 3.8) is 0 Å². The molecule has 2 aromatic heterocycles. The van der Waals surface area contributed by atoms with Crippen LogP contribution in [-0.4, -0.2) is 40.8 Å². The summed E-state index contributed by atoms with van der Waals surface area (Å²) in [7, 11) is 0. The van der Waals surface area contributed by atoms with E-state index in [2.05, 4.69) is 84.3 Å². The van der Waals surface area contributed by atoms with Gasteiger partial charge in [-0.1, -0.05) is 48.5 Å². The monoisotopic (exact) mass is 383 g/mol. The fourth-order valence-corrected chi connectivity index (χ4v) is 4.23. The molecule has 1 aliphatic rings. The van der Waals surface area contributed by atoms with E-state index < -0.39 is 0 Å². The maximum absolute atomic E-state index is 4.88. The van der Waals surface area contributed by atoms with Crippen LogP contribution in [0.15, 0.2) is 66.7 Å². The Kier molecular flexibility index (Phi) is 4.43. The van der Waals surface area contributed by atoms with Crippen LogP contribution in [0.3, 0.4) is 0 Å². The van der Waals surface area contributed by atoms with E-state index in [1.165, 1.54) is 5.69 Å². The molecule has 29 heavy (non-hydrogen) atoms. The predicted molar refractivity (Wildman–Crippen MR) is 119 cm³/mol. The molecule has 0 amide bonds. The molecule has 3 heterocycles.